The average molecular weight is 304 g/mol. The van der Waals surface area contributed by atoms with Gasteiger partial charge in [-0.15, -0.1) is 0 Å². The Hall–Kier alpha value is -1.88. The number of nitrogens with one attached hydrogen (secondary N) is 1. The van der Waals surface area contributed by atoms with Crippen LogP contribution in [0, 0.1) is 6.92 Å². The zero-order valence-electron chi connectivity index (χ0n) is 13.3. The molecule has 0 radical (unpaired) electrons. The molecule has 120 valence electrons. The molecule has 1 heterocycles. The van der Waals surface area contributed by atoms with Crippen molar-refractivity contribution in [2.45, 2.75) is 32.2 Å². The second-order valence-electron chi connectivity index (χ2n) is 5.72. The van der Waals surface area contributed by atoms with E-state index < -0.39 is 0 Å². The second-order valence-corrected chi connectivity index (χ2v) is 5.72. The van der Waals surface area contributed by atoms with Crippen LogP contribution in [0.25, 0.3) is 0 Å². The molecule has 0 bridgehead atoms. The van der Waals surface area contributed by atoms with E-state index in [2.05, 4.69) is 46.1 Å². The summed E-state index contributed by atoms with van der Waals surface area (Å²) in [5.41, 5.74) is 2.52. The van der Waals surface area contributed by atoms with Gasteiger partial charge in [-0.2, -0.15) is 0 Å². The van der Waals surface area contributed by atoms with Gasteiger partial charge in [0.15, 0.2) is 0 Å². The number of nitrogens with zero attached hydrogens (tertiary/aromatic N) is 1. The van der Waals surface area contributed by atoms with E-state index in [0.717, 1.165) is 19.4 Å². The van der Waals surface area contributed by atoms with Crippen molar-refractivity contribution >= 4 is 11.9 Å². The van der Waals surface area contributed by atoms with Gasteiger partial charge in [0, 0.05) is 12.6 Å². The Labute approximate surface area is 131 Å². The fourth-order valence-corrected chi connectivity index (χ4v) is 2.92. The number of rotatable bonds is 6. The molecule has 1 aliphatic rings. The Bertz CT molecular complexity index is 530. The lowest BCUT2D eigenvalue weighted by Gasteiger charge is -2.24. The molecule has 1 saturated heterocycles. The Morgan fingerprint density at radius 2 is 2.23 bits per heavy atom. The normalized spacial score (nSPS) is 18.2. The lowest BCUT2D eigenvalue weighted by molar-refractivity contribution is -0.140. The number of amides is 1. The minimum absolute atomic E-state index is 0.0385. The summed E-state index contributed by atoms with van der Waals surface area (Å²) < 4.78 is 4.55. The molecular formula is C17H24N2O3. The van der Waals surface area contributed by atoms with Crippen LogP contribution in [0.1, 0.15) is 36.4 Å². The number of likely N-dealkylation sites (tertiary alicyclic amines) is 1. The van der Waals surface area contributed by atoms with Gasteiger partial charge in [-0.05, 0) is 31.9 Å². The highest BCUT2D eigenvalue weighted by Gasteiger charge is 2.27. The summed E-state index contributed by atoms with van der Waals surface area (Å²) in [7, 11) is 1.35. The third-order valence-corrected chi connectivity index (χ3v) is 4.02. The van der Waals surface area contributed by atoms with Crippen molar-refractivity contribution in [2.24, 2.45) is 0 Å². The average Bonchev–Trinajstić information content (AvgIpc) is 2.95. The number of methoxy groups -OCH3 is 1. The molecule has 2 rings (SSSR count). The molecule has 1 aromatic carbocycles. The molecule has 0 saturated carbocycles. The molecule has 0 spiro atoms. The first kappa shape index (κ1) is 16.5. The molecule has 5 heteroatoms. The molecular weight excluding hydrogens is 280 g/mol. The highest BCUT2D eigenvalue weighted by Crippen LogP contribution is 2.31. The number of hydrogen-bond donors (Lipinski definition) is 1. The first-order chi connectivity index (χ1) is 10.6. The van der Waals surface area contributed by atoms with Crippen molar-refractivity contribution in [1.29, 1.82) is 0 Å². The highest BCUT2D eigenvalue weighted by molar-refractivity contribution is 5.79. The summed E-state index contributed by atoms with van der Waals surface area (Å²) in [5.74, 6) is -0.345. The van der Waals surface area contributed by atoms with Crippen LogP contribution in [0.5, 0.6) is 0 Å². The highest BCUT2D eigenvalue weighted by atomic mass is 16.5. The summed E-state index contributed by atoms with van der Waals surface area (Å²) in [6, 6.07) is 8.79. The largest absolute Gasteiger partial charge is 0.469 e. The first-order valence-corrected chi connectivity index (χ1v) is 7.74. The Kier molecular flexibility index (Phi) is 5.95. The zero-order chi connectivity index (χ0) is 15.9. The molecule has 1 fully saturated rings. The molecule has 0 aromatic heterocycles. The predicted molar refractivity (Wildman–Crippen MR) is 84.4 cm³/mol. The second kappa shape index (κ2) is 7.94. The molecule has 5 nitrogen and oxygen atoms in total. The fraction of sp³-hybridized carbons (Fsp3) is 0.529. The lowest BCUT2D eigenvalue weighted by Crippen LogP contribution is -2.37. The third kappa shape index (κ3) is 4.56. The van der Waals surface area contributed by atoms with Crippen molar-refractivity contribution in [2.75, 3.05) is 26.7 Å². The van der Waals surface area contributed by atoms with Crippen LogP contribution in [0.3, 0.4) is 0 Å². The first-order valence-electron chi connectivity index (χ1n) is 7.74. The van der Waals surface area contributed by atoms with Crippen molar-refractivity contribution in [1.82, 2.24) is 10.2 Å². The molecule has 1 unspecified atom stereocenters. The summed E-state index contributed by atoms with van der Waals surface area (Å²) >= 11 is 0. The van der Waals surface area contributed by atoms with E-state index in [-0.39, 0.29) is 18.3 Å². The minimum Gasteiger partial charge on any atom is -0.469 e. The number of esters is 1. The van der Waals surface area contributed by atoms with E-state index in [0.29, 0.717) is 19.1 Å². The van der Waals surface area contributed by atoms with Crippen LogP contribution >= 0.6 is 0 Å². The monoisotopic (exact) mass is 304 g/mol. The van der Waals surface area contributed by atoms with Crippen molar-refractivity contribution < 1.29 is 14.3 Å². The van der Waals surface area contributed by atoms with E-state index in [4.69, 9.17) is 0 Å². The Balaban J connectivity index is 1.86. The molecule has 1 aromatic rings. The predicted octanol–water partition coefficient (Wildman–Crippen LogP) is 1.81. The molecule has 22 heavy (non-hydrogen) atoms. The van der Waals surface area contributed by atoms with Gasteiger partial charge in [0.05, 0.1) is 20.1 Å². The van der Waals surface area contributed by atoms with Gasteiger partial charge in [-0.3, -0.25) is 14.5 Å². The topological polar surface area (TPSA) is 58.6 Å². The fourth-order valence-electron chi connectivity index (χ4n) is 2.92. The molecule has 1 amide bonds. The van der Waals surface area contributed by atoms with Gasteiger partial charge in [0.1, 0.15) is 0 Å². The standard InChI is InChI=1S/C17H24N2O3/c1-13-5-3-6-14(11-13)15-7-4-10-19(15)12-16(20)18-9-8-17(21)22-2/h3,5-6,11,15H,4,7-10,12H2,1-2H3,(H,18,20). The smallest absolute Gasteiger partial charge is 0.307 e. The summed E-state index contributed by atoms with van der Waals surface area (Å²) in [6.07, 6.45) is 2.40. The summed E-state index contributed by atoms with van der Waals surface area (Å²) in [4.78, 5) is 25.2. The molecule has 1 atom stereocenters. The zero-order valence-corrected chi connectivity index (χ0v) is 13.3. The molecule has 1 aliphatic heterocycles. The number of carbonyl (C=O) groups excluding carboxylic acids is 2. The van der Waals surface area contributed by atoms with E-state index >= 15 is 0 Å². The summed E-state index contributed by atoms with van der Waals surface area (Å²) in [6.45, 7) is 3.72. The number of aryl methyl sites for hydroxylation is 1. The SMILES string of the molecule is COC(=O)CCNC(=O)CN1CCCC1c1cccc(C)c1. The number of ether oxygens (including phenoxy) is 1. The molecule has 0 aliphatic carbocycles. The van der Waals surface area contributed by atoms with Crippen LogP contribution < -0.4 is 5.32 Å². The van der Waals surface area contributed by atoms with E-state index in [1.165, 1.54) is 18.2 Å². The van der Waals surface area contributed by atoms with Crippen LogP contribution in [0.4, 0.5) is 0 Å². The quantitative estimate of drug-likeness (QED) is 0.814. The van der Waals surface area contributed by atoms with Gasteiger partial charge >= 0.3 is 5.97 Å². The lowest BCUT2D eigenvalue weighted by atomic mass is 10.0. The van der Waals surface area contributed by atoms with Gasteiger partial charge in [-0.1, -0.05) is 29.8 Å². The Morgan fingerprint density at radius 3 is 2.95 bits per heavy atom. The van der Waals surface area contributed by atoms with Crippen molar-refractivity contribution in [3.05, 3.63) is 35.4 Å². The number of hydrogen-bond acceptors (Lipinski definition) is 4. The van der Waals surface area contributed by atoms with Crippen molar-refractivity contribution in [3.8, 4) is 0 Å². The molecule has 1 N–H and O–H groups in total. The maximum Gasteiger partial charge on any atom is 0.307 e. The summed E-state index contributed by atoms with van der Waals surface area (Å²) in [5, 5.41) is 2.78. The van der Waals surface area contributed by atoms with E-state index in [9.17, 15) is 9.59 Å². The van der Waals surface area contributed by atoms with Gasteiger partial charge in [0.2, 0.25) is 5.91 Å². The number of benzene rings is 1. The van der Waals surface area contributed by atoms with Crippen LogP contribution in [0.2, 0.25) is 0 Å². The van der Waals surface area contributed by atoms with Crippen LogP contribution in [0.15, 0.2) is 24.3 Å². The maximum atomic E-state index is 12.0. The van der Waals surface area contributed by atoms with Crippen LogP contribution in [-0.2, 0) is 14.3 Å². The number of carbonyl (C=O) groups is 2. The van der Waals surface area contributed by atoms with Crippen LogP contribution in [-0.4, -0.2) is 43.5 Å². The van der Waals surface area contributed by atoms with Gasteiger partial charge in [0.25, 0.3) is 0 Å². The van der Waals surface area contributed by atoms with E-state index in [1.54, 1.807) is 0 Å². The third-order valence-electron chi connectivity index (χ3n) is 4.02. The van der Waals surface area contributed by atoms with E-state index in [1.807, 2.05) is 0 Å². The maximum absolute atomic E-state index is 12.0. The Morgan fingerprint density at radius 1 is 1.41 bits per heavy atom. The minimum atomic E-state index is -0.306. The van der Waals surface area contributed by atoms with Crippen molar-refractivity contribution in [3.63, 3.8) is 0 Å². The van der Waals surface area contributed by atoms with Gasteiger partial charge < -0.3 is 10.1 Å². The van der Waals surface area contributed by atoms with Gasteiger partial charge in [-0.25, -0.2) is 0 Å².